The van der Waals surface area contributed by atoms with Gasteiger partial charge in [-0.05, 0) is 68.0 Å². The Morgan fingerprint density at radius 1 is 0.794 bits per heavy atom. The van der Waals surface area contributed by atoms with Crippen LogP contribution in [0.2, 0.25) is 0 Å². The molecule has 0 amide bonds. The van der Waals surface area contributed by atoms with Crippen LogP contribution in [-0.4, -0.2) is 42.1 Å². The van der Waals surface area contributed by atoms with Crippen LogP contribution in [0.4, 0.5) is 0 Å². The molecule has 0 bridgehead atoms. The van der Waals surface area contributed by atoms with Crippen LogP contribution in [0.1, 0.15) is 71.2 Å². The molecule has 0 aliphatic carbocycles. The maximum atomic E-state index is 12.4. The second-order valence-corrected chi connectivity index (χ2v) is 7.55. The fraction of sp³-hybridized carbons (Fsp3) is 0.208. The average molecular weight is 466 g/mol. The lowest BCUT2D eigenvalue weighted by Crippen LogP contribution is -2.18. The minimum Gasteiger partial charge on any atom is -0.455 e. The normalized spacial score (nSPS) is 16.2. The first-order valence-electron chi connectivity index (χ1n) is 10.2. The van der Waals surface area contributed by atoms with Crippen LogP contribution in [0, 0.1) is 0 Å². The molecular formula is C24H18O10. The third-order valence-corrected chi connectivity index (χ3v) is 5.03. The van der Waals surface area contributed by atoms with Gasteiger partial charge in [0, 0.05) is 0 Å². The summed E-state index contributed by atoms with van der Waals surface area (Å²) < 4.78 is 15.2. The largest absolute Gasteiger partial charge is 0.455 e. The summed E-state index contributed by atoms with van der Waals surface area (Å²) in [5.74, 6) is -3.51. The molecule has 0 fully saturated rings. The number of cyclic esters (lactones) is 2. The lowest BCUT2D eigenvalue weighted by Gasteiger charge is -2.16. The molecule has 4 rings (SSSR count). The Labute approximate surface area is 192 Å². The van der Waals surface area contributed by atoms with E-state index in [1.807, 2.05) is 0 Å². The molecule has 34 heavy (non-hydrogen) atoms. The van der Waals surface area contributed by atoms with Crippen molar-refractivity contribution < 1.29 is 48.0 Å². The number of hydrogen-bond donors (Lipinski definition) is 0. The van der Waals surface area contributed by atoms with E-state index in [-0.39, 0.29) is 28.9 Å². The molecule has 0 radical (unpaired) electrons. The zero-order valence-corrected chi connectivity index (χ0v) is 18.1. The number of ether oxygens (including phenoxy) is 3. The summed E-state index contributed by atoms with van der Waals surface area (Å²) in [6.45, 7) is 3.27. The van der Waals surface area contributed by atoms with Gasteiger partial charge in [-0.25, -0.2) is 24.0 Å². The van der Waals surface area contributed by atoms with E-state index in [1.165, 1.54) is 42.5 Å². The molecule has 10 nitrogen and oxygen atoms in total. The van der Waals surface area contributed by atoms with Gasteiger partial charge in [0.1, 0.15) is 18.8 Å². The van der Waals surface area contributed by atoms with Crippen molar-refractivity contribution >= 4 is 29.8 Å². The minimum absolute atomic E-state index is 0.00816. The topological polar surface area (TPSA) is 132 Å². The Bertz CT molecular complexity index is 1240. The molecule has 0 aromatic heterocycles. The zero-order valence-electron chi connectivity index (χ0n) is 18.1. The highest BCUT2D eigenvalue weighted by Crippen LogP contribution is 2.22. The maximum Gasteiger partial charge on any atom is 0.373 e. The van der Waals surface area contributed by atoms with Gasteiger partial charge in [0.05, 0.1) is 27.8 Å². The molecule has 0 spiro atoms. The second kappa shape index (κ2) is 9.28. The summed E-state index contributed by atoms with van der Waals surface area (Å²) in [4.78, 5) is 68.7. The number of carbonyl (C=O) groups is 5. The quantitative estimate of drug-likeness (QED) is 0.206. The molecule has 2 aliphatic rings. The highest BCUT2D eigenvalue weighted by Gasteiger charge is 2.30. The SMILES string of the molecule is CC(/C=C/C(C)OC(=O)c1ccc2c(c1)C(=O)OC2=O)OC(=O)c1ccc2c(c1)COOC2=O. The van der Waals surface area contributed by atoms with Gasteiger partial charge in [0.2, 0.25) is 0 Å². The van der Waals surface area contributed by atoms with Gasteiger partial charge in [-0.3, -0.25) is 4.89 Å². The van der Waals surface area contributed by atoms with Gasteiger partial charge < -0.3 is 14.2 Å². The van der Waals surface area contributed by atoms with Crippen molar-refractivity contribution in [3.63, 3.8) is 0 Å². The van der Waals surface area contributed by atoms with Crippen molar-refractivity contribution in [1.82, 2.24) is 0 Å². The minimum atomic E-state index is -0.815. The van der Waals surface area contributed by atoms with E-state index in [1.54, 1.807) is 19.9 Å². The van der Waals surface area contributed by atoms with Crippen molar-refractivity contribution in [2.45, 2.75) is 32.7 Å². The molecule has 2 aliphatic heterocycles. The van der Waals surface area contributed by atoms with Crippen molar-refractivity contribution in [3.8, 4) is 0 Å². The number of hydrogen-bond acceptors (Lipinski definition) is 10. The molecule has 10 heteroatoms. The van der Waals surface area contributed by atoms with Gasteiger partial charge in [0.15, 0.2) is 0 Å². The Kier molecular flexibility index (Phi) is 6.24. The van der Waals surface area contributed by atoms with Crippen LogP contribution >= 0.6 is 0 Å². The maximum absolute atomic E-state index is 12.4. The first-order valence-corrected chi connectivity index (χ1v) is 10.2. The zero-order chi connectivity index (χ0) is 24.4. The molecular weight excluding hydrogens is 448 g/mol. The smallest absolute Gasteiger partial charge is 0.373 e. The van der Waals surface area contributed by atoms with Crippen LogP contribution in [-0.2, 0) is 30.6 Å². The Balaban J connectivity index is 1.33. The van der Waals surface area contributed by atoms with Crippen molar-refractivity contribution in [1.29, 1.82) is 0 Å². The van der Waals surface area contributed by atoms with E-state index in [0.717, 1.165) is 0 Å². The number of fused-ring (bicyclic) bond motifs is 2. The van der Waals surface area contributed by atoms with E-state index in [0.29, 0.717) is 11.1 Å². The van der Waals surface area contributed by atoms with E-state index in [2.05, 4.69) is 9.62 Å². The molecule has 2 atom stereocenters. The van der Waals surface area contributed by atoms with E-state index < -0.39 is 42.1 Å². The lowest BCUT2D eigenvalue weighted by molar-refractivity contribution is -0.256. The van der Waals surface area contributed by atoms with Gasteiger partial charge >= 0.3 is 29.8 Å². The number of esters is 4. The Morgan fingerprint density at radius 2 is 1.35 bits per heavy atom. The van der Waals surface area contributed by atoms with E-state index in [4.69, 9.17) is 14.4 Å². The Morgan fingerprint density at radius 3 is 2.00 bits per heavy atom. The first kappa shape index (κ1) is 22.9. The van der Waals surface area contributed by atoms with Crippen LogP contribution < -0.4 is 0 Å². The highest BCUT2D eigenvalue weighted by molar-refractivity contribution is 6.15. The summed E-state index contributed by atoms with van der Waals surface area (Å²) in [5, 5.41) is 0. The van der Waals surface area contributed by atoms with Crippen molar-refractivity contribution in [2.75, 3.05) is 0 Å². The van der Waals surface area contributed by atoms with Gasteiger partial charge in [-0.1, -0.05) is 0 Å². The summed E-state index contributed by atoms with van der Waals surface area (Å²) in [6, 6.07) is 8.36. The van der Waals surface area contributed by atoms with Gasteiger partial charge in [-0.15, -0.1) is 0 Å². The van der Waals surface area contributed by atoms with Crippen molar-refractivity contribution in [2.24, 2.45) is 0 Å². The van der Waals surface area contributed by atoms with Crippen LogP contribution in [0.3, 0.4) is 0 Å². The molecule has 0 N–H and O–H groups in total. The van der Waals surface area contributed by atoms with Crippen LogP contribution in [0.15, 0.2) is 48.6 Å². The summed E-state index contributed by atoms with van der Waals surface area (Å²) in [7, 11) is 0. The molecule has 2 aromatic carbocycles. The van der Waals surface area contributed by atoms with E-state index in [9.17, 15) is 24.0 Å². The monoisotopic (exact) mass is 466 g/mol. The first-order chi connectivity index (χ1) is 16.2. The molecule has 174 valence electrons. The lowest BCUT2D eigenvalue weighted by atomic mass is 10.0. The Hall–Kier alpha value is -4.31. The van der Waals surface area contributed by atoms with Crippen LogP contribution in [0.5, 0.6) is 0 Å². The highest BCUT2D eigenvalue weighted by atomic mass is 17.2. The molecule has 2 unspecified atom stereocenters. The average Bonchev–Trinajstić information content (AvgIpc) is 3.10. The van der Waals surface area contributed by atoms with Gasteiger partial charge in [0.25, 0.3) is 0 Å². The fourth-order valence-electron chi connectivity index (χ4n) is 3.31. The number of carbonyl (C=O) groups excluding carboxylic acids is 5. The molecule has 0 saturated carbocycles. The molecule has 2 aromatic rings. The predicted octanol–water partition coefficient (Wildman–Crippen LogP) is 2.95. The summed E-state index contributed by atoms with van der Waals surface area (Å²) in [5.41, 5.74) is 1.26. The second-order valence-electron chi connectivity index (χ2n) is 7.55. The summed E-state index contributed by atoms with van der Waals surface area (Å²) >= 11 is 0. The number of rotatable bonds is 6. The van der Waals surface area contributed by atoms with E-state index >= 15 is 0 Å². The van der Waals surface area contributed by atoms with Crippen LogP contribution in [0.25, 0.3) is 0 Å². The fourth-order valence-corrected chi connectivity index (χ4v) is 3.31. The molecule has 0 saturated heterocycles. The third-order valence-electron chi connectivity index (χ3n) is 5.03. The number of benzene rings is 2. The predicted molar refractivity (Wildman–Crippen MR) is 112 cm³/mol. The standard InChI is InChI=1S/C24H18O10/c1-12(31-20(25)14-5-7-17-16(9-14)11-30-34-24(17)29)3-4-13(2)32-21(26)15-6-8-18-19(10-15)23(28)33-22(18)27/h3-10,12-13H,11H2,1-2H3/b4-3+. The molecule has 2 heterocycles. The third kappa shape index (κ3) is 4.71. The van der Waals surface area contributed by atoms with Crippen molar-refractivity contribution in [3.05, 3.63) is 81.9 Å². The van der Waals surface area contributed by atoms with Gasteiger partial charge in [-0.2, -0.15) is 4.89 Å². The summed E-state index contributed by atoms with van der Waals surface area (Å²) in [6.07, 6.45) is 1.76.